The zero-order valence-corrected chi connectivity index (χ0v) is 19.5. The third-order valence-corrected chi connectivity index (χ3v) is 4.33. The van der Waals surface area contributed by atoms with Crippen LogP contribution in [0.1, 0.15) is 57.6 Å². The van der Waals surface area contributed by atoms with Gasteiger partial charge in [-0.05, 0) is 37.3 Å². The lowest BCUT2D eigenvalue weighted by molar-refractivity contribution is 0.507. The van der Waals surface area contributed by atoms with Gasteiger partial charge in [-0.15, -0.1) is 24.0 Å². The maximum absolute atomic E-state index is 4.73. The molecule has 1 atom stereocenters. The summed E-state index contributed by atoms with van der Waals surface area (Å²) >= 11 is 0. The first-order chi connectivity index (χ1) is 12.5. The first-order valence-corrected chi connectivity index (χ1v) is 9.67. The number of guanidine groups is 1. The van der Waals surface area contributed by atoms with Crippen LogP contribution in [-0.4, -0.2) is 22.1 Å². The summed E-state index contributed by atoms with van der Waals surface area (Å²) in [5.41, 5.74) is 2.62. The van der Waals surface area contributed by atoms with Crippen LogP contribution in [0.3, 0.4) is 0 Å². The molecule has 1 aromatic heterocycles. The molecule has 0 saturated heterocycles. The van der Waals surface area contributed by atoms with E-state index >= 15 is 0 Å². The number of hydrogen-bond acceptors (Lipinski definition) is 2. The minimum atomic E-state index is 0. The summed E-state index contributed by atoms with van der Waals surface area (Å²) in [7, 11) is 0. The second kappa shape index (κ2) is 12.0. The highest BCUT2D eigenvalue weighted by Crippen LogP contribution is 2.14. The highest BCUT2D eigenvalue weighted by molar-refractivity contribution is 14.0. The highest BCUT2D eigenvalue weighted by Gasteiger charge is 2.09. The van der Waals surface area contributed by atoms with Crippen molar-refractivity contribution in [3.63, 3.8) is 0 Å². The van der Waals surface area contributed by atoms with E-state index in [2.05, 4.69) is 79.1 Å². The van der Waals surface area contributed by atoms with Gasteiger partial charge in [-0.1, -0.05) is 45.0 Å². The van der Waals surface area contributed by atoms with Crippen LogP contribution in [0, 0.1) is 5.92 Å². The summed E-state index contributed by atoms with van der Waals surface area (Å²) in [5.74, 6) is 2.40. The maximum atomic E-state index is 4.73. The number of nitrogens with zero attached hydrogens (tertiary/aromatic N) is 3. The van der Waals surface area contributed by atoms with E-state index in [1.165, 1.54) is 11.1 Å². The normalized spacial score (nSPS) is 12.6. The minimum absolute atomic E-state index is 0. The van der Waals surface area contributed by atoms with Crippen molar-refractivity contribution in [3.8, 4) is 0 Å². The lowest BCUT2D eigenvalue weighted by Gasteiger charge is -2.18. The van der Waals surface area contributed by atoms with Gasteiger partial charge in [0.05, 0.1) is 6.04 Å². The number of halogens is 1. The van der Waals surface area contributed by atoms with E-state index in [-0.39, 0.29) is 30.0 Å². The molecule has 0 aliphatic carbocycles. The molecule has 5 nitrogen and oxygen atoms in total. The fraction of sp³-hybridized carbons (Fsp3) is 0.524. The summed E-state index contributed by atoms with van der Waals surface area (Å²) in [5, 5.41) is 6.83. The molecule has 0 radical (unpaired) electrons. The van der Waals surface area contributed by atoms with Gasteiger partial charge < -0.3 is 15.2 Å². The van der Waals surface area contributed by atoms with Gasteiger partial charge in [0, 0.05) is 25.5 Å². The zero-order valence-electron chi connectivity index (χ0n) is 17.2. The lowest BCUT2D eigenvalue weighted by atomic mass is 10.1. The van der Waals surface area contributed by atoms with Crippen molar-refractivity contribution in [2.75, 3.05) is 6.54 Å². The molecular weight excluding hydrogens is 449 g/mol. The smallest absolute Gasteiger partial charge is 0.192 e. The number of imidazole rings is 1. The average molecular weight is 483 g/mol. The summed E-state index contributed by atoms with van der Waals surface area (Å²) < 4.78 is 2.19. The molecule has 0 aliphatic rings. The second-order valence-corrected chi connectivity index (χ2v) is 7.05. The standard InChI is InChI=1S/C21H33N5.HI/c1-6-18-8-10-19(11-9-18)17(5)25-21(22-7-2)24-14-20-23-12-13-26(20)15-16(3)4;/h8-13,16-17H,6-7,14-15H2,1-5H3,(H2,22,24,25);1H. The molecule has 2 aromatic rings. The van der Waals surface area contributed by atoms with Gasteiger partial charge in [0.25, 0.3) is 0 Å². The van der Waals surface area contributed by atoms with E-state index in [1.54, 1.807) is 0 Å². The van der Waals surface area contributed by atoms with Crippen molar-refractivity contribution in [2.24, 2.45) is 10.9 Å². The number of aromatic nitrogens is 2. The molecule has 2 N–H and O–H groups in total. The molecular formula is C21H34IN5. The van der Waals surface area contributed by atoms with Crippen LogP contribution in [0.4, 0.5) is 0 Å². The van der Waals surface area contributed by atoms with E-state index in [0.29, 0.717) is 12.5 Å². The third kappa shape index (κ3) is 7.52. The number of hydrogen-bond donors (Lipinski definition) is 2. The molecule has 0 saturated carbocycles. The van der Waals surface area contributed by atoms with Crippen molar-refractivity contribution in [1.29, 1.82) is 0 Å². The summed E-state index contributed by atoms with van der Waals surface area (Å²) in [6.45, 7) is 13.2. The maximum Gasteiger partial charge on any atom is 0.192 e. The molecule has 1 heterocycles. The van der Waals surface area contributed by atoms with Crippen molar-refractivity contribution in [1.82, 2.24) is 20.2 Å². The Kier molecular flexibility index (Phi) is 10.4. The summed E-state index contributed by atoms with van der Waals surface area (Å²) in [6.07, 6.45) is 4.95. The van der Waals surface area contributed by atoms with Crippen molar-refractivity contribution < 1.29 is 0 Å². The largest absolute Gasteiger partial charge is 0.357 e. The number of rotatable bonds is 8. The first-order valence-electron chi connectivity index (χ1n) is 9.67. The Morgan fingerprint density at radius 1 is 1.15 bits per heavy atom. The molecule has 150 valence electrons. The van der Waals surface area contributed by atoms with Crippen LogP contribution in [0.25, 0.3) is 0 Å². The number of nitrogens with one attached hydrogen (secondary N) is 2. The Morgan fingerprint density at radius 3 is 2.44 bits per heavy atom. The SMILES string of the molecule is CCNC(=NCc1nccn1CC(C)C)NC(C)c1ccc(CC)cc1.I. The van der Waals surface area contributed by atoms with Gasteiger partial charge in [0.1, 0.15) is 12.4 Å². The minimum Gasteiger partial charge on any atom is -0.357 e. The highest BCUT2D eigenvalue weighted by atomic mass is 127. The van der Waals surface area contributed by atoms with Crippen molar-refractivity contribution in [2.45, 2.75) is 60.2 Å². The molecule has 0 aliphatic heterocycles. The van der Waals surface area contributed by atoms with Crippen molar-refractivity contribution in [3.05, 3.63) is 53.6 Å². The van der Waals surface area contributed by atoms with Gasteiger partial charge >= 0.3 is 0 Å². The predicted molar refractivity (Wildman–Crippen MR) is 125 cm³/mol. The Bertz CT molecular complexity index is 691. The van der Waals surface area contributed by atoms with Gasteiger partial charge in [-0.25, -0.2) is 9.98 Å². The van der Waals surface area contributed by atoms with E-state index in [1.807, 2.05) is 12.4 Å². The quantitative estimate of drug-likeness (QED) is 0.330. The molecule has 2 rings (SSSR count). The third-order valence-electron chi connectivity index (χ3n) is 4.33. The van der Waals surface area contributed by atoms with Crippen molar-refractivity contribution >= 4 is 29.9 Å². The van der Waals surface area contributed by atoms with Gasteiger partial charge in [0.2, 0.25) is 0 Å². The first kappa shape index (κ1) is 23.5. The van der Waals surface area contributed by atoms with E-state index in [0.717, 1.165) is 31.3 Å². The van der Waals surface area contributed by atoms with Crippen LogP contribution in [0.15, 0.2) is 41.7 Å². The predicted octanol–water partition coefficient (Wildman–Crippen LogP) is 4.54. The fourth-order valence-electron chi connectivity index (χ4n) is 2.85. The van der Waals surface area contributed by atoms with Crippen LogP contribution in [-0.2, 0) is 19.5 Å². The van der Waals surface area contributed by atoms with Crippen LogP contribution < -0.4 is 10.6 Å². The summed E-state index contributed by atoms with van der Waals surface area (Å²) in [6, 6.07) is 8.96. The average Bonchev–Trinajstić information content (AvgIpc) is 3.06. The van der Waals surface area contributed by atoms with Crippen LogP contribution in [0.2, 0.25) is 0 Å². The molecule has 0 fully saturated rings. The molecule has 1 unspecified atom stereocenters. The number of benzene rings is 1. The Labute approximate surface area is 181 Å². The monoisotopic (exact) mass is 483 g/mol. The van der Waals surface area contributed by atoms with Gasteiger partial charge in [-0.3, -0.25) is 0 Å². The van der Waals surface area contributed by atoms with E-state index in [9.17, 15) is 0 Å². The van der Waals surface area contributed by atoms with Crippen LogP contribution in [0.5, 0.6) is 0 Å². The van der Waals surface area contributed by atoms with Gasteiger partial charge in [0.15, 0.2) is 5.96 Å². The van der Waals surface area contributed by atoms with E-state index < -0.39 is 0 Å². The lowest BCUT2D eigenvalue weighted by Crippen LogP contribution is -2.38. The Morgan fingerprint density at radius 2 is 1.85 bits per heavy atom. The summed E-state index contributed by atoms with van der Waals surface area (Å²) in [4.78, 5) is 9.19. The molecule has 0 bridgehead atoms. The molecule has 27 heavy (non-hydrogen) atoms. The fourth-order valence-corrected chi connectivity index (χ4v) is 2.85. The van der Waals surface area contributed by atoms with Crippen LogP contribution >= 0.6 is 24.0 Å². The molecule has 6 heteroatoms. The molecule has 0 amide bonds. The van der Waals surface area contributed by atoms with Gasteiger partial charge in [-0.2, -0.15) is 0 Å². The molecule has 0 spiro atoms. The Balaban J connectivity index is 0.00000364. The second-order valence-electron chi connectivity index (χ2n) is 7.05. The molecule has 1 aromatic carbocycles. The Hall–Kier alpha value is -1.57. The van der Waals surface area contributed by atoms with E-state index in [4.69, 9.17) is 4.99 Å². The topological polar surface area (TPSA) is 54.2 Å². The number of aryl methyl sites for hydroxylation is 1. The zero-order chi connectivity index (χ0) is 18.9. The number of aliphatic imine (C=N–C) groups is 1.